The molecule has 10 N–H and O–H groups in total. The van der Waals surface area contributed by atoms with Gasteiger partial charge in [-0.2, -0.15) is 0 Å². The van der Waals surface area contributed by atoms with E-state index in [-0.39, 0.29) is 126 Å². The summed E-state index contributed by atoms with van der Waals surface area (Å²) < 4.78 is 35.6. The van der Waals surface area contributed by atoms with Gasteiger partial charge in [-0.25, -0.2) is 8.42 Å². The highest BCUT2D eigenvalue weighted by molar-refractivity contribution is 8.02. The maximum absolute atomic E-state index is 14.7. The minimum atomic E-state index is -3.44. The van der Waals surface area contributed by atoms with Crippen molar-refractivity contribution < 1.29 is 81.0 Å². The molecule has 23 nitrogen and oxygen atoms in total. The number of Topliss-reactive ketones (excluding diaryl/α,β-unsaturated/α-hetero) is 6. The molecule has 8 aromatic carbocycles. The topological polar surface area (TPSA) is 385 Å². The minimum absolute atomic E-state index is 0.00188. The number of nitrogens with zero attached hydrogens (tertiary/aromatic N) is 2. The van der Waals surface area contributed by atoms with Crippen LogP contribution in [0.15, 0.2) is 193 Å². The molecular weight excluding hydrogens is 1660 g/mol. The zero-order valence-electron chi connectivity index (χ0n) is 71.0. The molecule has 4 amide bonds. The van der Waals surface area contributed by atoms with E-state index in [1.54, 1.807) is 113 Å². The monoisotopic (exact) mass is 1760 g/mol. The summed E-state index contributed by atoms with van der Waals surface area (Å²) in [6, 6.07) is 42.3. The largest absolute Gasteiger partial charge is 0.507 e. The molecule has 0 saturated carbocycles. The number of nitrogens with two attached hydrogens (primary N) is 2. The lowest BCUT2D eigenvalue weighted by molar-refractivity contribution is -0.142. The van der Waals surface area contributed by atoms with Crippen molar-refractivity contribution in [3.63, 3.8) is 0 Å². The molecule has 0 spiro atoms. The molecule has 0 radical (unpaired) electrons. The van der Waals surface area contributed by atoms with E-state index in [9.17, 15) is 81.0 Å². The van der Waals surface area contributed by atoms with Crippen LogP contribution in [0.3, 0.4) is 0 Å². The first-order valence-corrected chi connectivity index (χ1v) is 46.2. The molecule has 1 unspecified atom stereocenters. The molecule has 0 fully saturated rings. The molecule has 27 heteroatoms. The molecule has 8 aromatic rings. The van der Waals surface area contributed by atoms with Gasteiger partial charge < -0.3 is 52.3 Å². The fourth-order valence-electron chi connectivity index (χ4n) is 15.4. The van der Waals surface area contributed by atoms with E-state index in [1.165, 1.54) is 84.1 Å². The van der Waals surface area contributed by atoms with E-state index in [0.29, 0.717) is 95.0 Å². The van der Waals surface area contributed by atoms with E-state index in [2.05, 4.69) is 16.5 Å². The standard InChI is InChI=1S/C49H56ClN3O8S.C48H54ClN3O9S/c1-30(21-23-62(4,5)61)24-45(57)41-27-32-9-19-42(54)39(26-32)40-28-36(16-20-43(40)55)47(46(58)25-31(2)48(59)52-41)53(3)49(60)37(8-6-7-22-51)29-44(56)35-12-10-33(11-13-35)34-14-17-38(50)18-15-34;1-29(20-22-62(4,60)61)23-44(56)40-26-31-8-18-41(53)38(25-31)39-27-35(15-19-42(39)54)46(45(57)24-30(2)47(58)51-40)52(3)48(59)36(7-5-6-21-50)28-43(55)34-11-9-32(10-12-34)33-13-16-37(49)17-14-33/h9-21,23,26,28,30-31,37,41,47,54-55H,4,6-8,22,24-25,27,29,51H2,1-3,5H3,(H,52,59);8-20,22,25,27,29-30,36,40,46,53-54H,5-7,21,23-24,26,28,50H2,1-4H3,(H,51,58)/b23-21-;22-20+/t30-,31+,37+,41-,47-,62?;29-,30+,36+,40-,46-/m00/s1. The Labute approximate surface area is 735 Å². The molecule has 10 rings (SSSR count). The van der Waals surface area contributed by atoms with Gasteiger partial charge in [-0.3, -0.25) is 52.2 Å². The average Bonchev–Trinajstić information content (AvgIpc) is 0.785. The quantitative estimate of drug-likeness (QED) is 0.0118. The summed E-state index contributed by atoms with van der Waals surface area (Å²) in [4.78, 5) is 144. The highest BCUT2D eigenvalue weighted by Crippen LogP contribution is 2.43. The van der Waals surface area contributed by atoms with Crippen LogP contribution >= 0.6 is 23.2 Å². The van der Waals surface area contributed by atoms with Crippen LogP contribution in [0.5, 0.6) is 23.0 Å². The number of aromatic hydroxyl groups is 4. The molecule has 0 aromatic heterocycles. The van der Waals surface area contributed by atoms with Gasteiger partial charge in [0, 0.05) is 138 Å². The van der Waals surface area contributed by atoms with Crippen LogP contribution in [0.1, 0.15) is 160 Å². The number of sulfone groups is 1. The number of ketones is 6. The van der Waals surface area contributed by atoms with Crippen molar-refractivity contribution in [2.75, 3.05) is 39.7 Å². The van der Waals surface area contributed by atoms with Gasteiger partial charge >= 0.3 is 0 Å². The maximum atomic E-state index is 14.7. The molecule has 124 heavy (non-hydrogen) atoms. The molecule has 2 aliphatic rings. The Bertz CT molecular complexity index is 5210. The van der Waals surface area contributed by atoms with Crippen LogP contribution in [0.2, 0.25) is 10.0 Å². The maximum Gasteiger partial charge on any atom is 0.226 e. The highest BCUT2D eigenvalue weighted by atomic mass is 35.5. The molecule has 2 heterocycles. The Balaban J connectivity index is 0.000000281. The third-order valence-electron chi connectivity index (χ3n) is 22.4. The molecule has 656 valence electrons. The Morgan fingerprint density at radius 3 is 1.12 bits per heavy atom. The summed E-state index contributed by atoms with van der Waals surface area (Å²) >= 11 is 12.1. The average molecular weight is 1770 g/mol. The van der Waals surface area contributed by atoms with Crippen LogP contribution in [-0.2, 0) is 70.6 Å². The van der Waals surface area contributed by atoms with Crippen LogP contribution in [0.4, 0.5) is 0 Å². The smallest absolute Gasteiger partial charge is 0.226 e. The predicted octanol–water partition coefficient (Wildman–Crippen LogP) is 15.1. The second-order valence-corrected chi connectivity index (χ2v) is 38.1. The van der Waals surface area contributed by atoms with Gasteiger partial charge in [0.2, 0.25) is 23.6 Å². The number of carbonyl (C=O) groups excluding carboxylic acids is 10. The molecule has 0 aliphatic carbocycles. The molecular formula is C97H110Cl2N6O17S2. The van der Waals surface area contributed by atoms with Crippen LogP contribution < -0.4 is 22.1 Å². The van der Waals surface area contributed by atoms with Crippen molar-refractivity contribution in [2.45, 2.75) is 142 Å². The van der Waals surface area contributed by atoms with Crippen LogP contribution in [0, 0.1) is 35.5 Å². The SMILES string of the molecule is C=S(C)(=O)/C=C\[C@H](C)CC(=O)[C@@H]1Cc2ccc(O)c(c2)-c2cc(ccc2O)[C@H](N(C)C(=O)[C@H](CCCCN)CC(=O)c2ccc(-c3ccc(Cl)cc3)cc2)C(=O)C[C@@H](C)C(=O)N1.C[C@@H]1CC(=O)[C@@H](N(C)C(=O)[C@H](CCCCN)CC(=O)c2ccc(-c3ccc(Cl)cc3)cc2)c2ccc(O)c(c2)-c2cc(ccc2O)C[C@@H](C(=O)C[C@@H](C)/C=C/S(C)(=O)=O)NC1=O. The number of rotatable bonds is 30. The summed E-state index contributed by atoms with van der Waals surface area (Å²) in [6.45, 7) is 7.36. The van der Waals surface area contributed by atoms with Crippen molar-refractivity contribution in [3.05, 3.63) is 236 Å². The third-order valence-corrected chi connectivity index (χ3v) is 24.3. The number of phenols is 4. The number of fused-ring (bicyclic) bond motifs is 10. The van der Waals surface area contributed by atoms with Crippen molar-refractivity contribution in [1.82, 2.24) is 20.4 Å². The first-order valence-electron chi connectivity index (χ1n) is 41.3. The van der Waals surface area contributed by atoms with Gasteiger partial charge in [0.15, 0.2) is 44.5 Å². The second kappa shape index (κ2) is 43.9. The van der Waals surface area contributed by atoms with Crippen LogP contribution in [0.25, 0.3) is 44.5 Å². The summed E-state index contributed by atoms with van der Waals surface area (Å²) in [5.74, 6) is -5.82. The normalized spacial score (nSPS) is 18.5. The fraction of sp³-hybridized carbons (Fsp3) is 0.351. The molecule has 0 saturated heterocycles. The van der Waals surface area contributed by atoms with Gasteiger partial charge in [-0.1, -0.05) is 173 Å². The first-order chi connectivity index (χ1) is 58.7. The number of halogens is 2. The summed E-state index contributed by atoms with van der Waals surface area (Å²) in [5, 5.41) is 53.9. The Morgan fingerprint density at radius 2 is 0.790 bits per heavy atom. The van der Waals surface area contributed by atoms with E-state index in [1.807, 2.05) is 48.5 Å². The van der Waals surface area contributed by atoms with E-state index in [4.69, 9.17) is 34.7 Å². The minimum Gasteiger partial charge on any atom is -0.507 e. The summed E-state index contributed by atoms with van der Waals surface area (Å²) in [5.41, 5.74) is 18.6. The molecule has 2 aliphatic heterocycles. The van der Waals surface area contributed by atoms with Crippen LogP contribution in [-0.4, -0.2) is 159 Å². The number of amides is 4. The number of hydrogen-bond donors (Lipinski definition) is 8. The van der Waals surface area contributed by atoms with Gasteiger partial charge in [-0.05, 0) is 202 Å². The van der Waals surface area contributed by atoms with Gasteiger partial charge in [0.05, 0.1) is 12.1 Å². The fourth-order valence-corrected chi connectivity index (χ4v) is 16.8. The second-order valence-electron chi connectivity index (χ2n) is 32.9. The number of phenolic OH excluding ortho intramolecular Hbond substituents is 4. The number of hydrogen-bond acceptors (Lipinski definition) is 19. The van der Waals surface area contributed by atoms with Gasteiger partial charge in [0.1, 0.15) is 35.1 Å². The van der Waals surface area contributed by atoms with E-state index in [0.717, 1.165) is 33.9 Å². The van der Waals surface area contributed by atoms with Crippen molar-refractivity contribution in [1.29, 1.82) is 0 Å². The lowest BCUT2D eigenvalue weighted by Gasteiger charge is -2.32. The Hall–Kier alpha value is -11.2. The number of allylic oxidation sites excluding steroid dienone is 2. The van der Waals surface area contributed by atoms with Gasteiger partial charge in [0.25, 0.3) is 0 Å². The molecule has 8 bridgehead atoms. The summed E-state index contributed by atoms with van der Waals surface area (Å²) in [7, 11) is -2.92. The van der Waals surface area contributed by atoms with Crippen molar-refractivity contribution >= 4 is 107 Å². The number of unbranched alkanes of at least 4 members (excludes halogenated alkanes) is 2. The first kappa shape index (κ1) is 96.6. The van der Waals surface area contributed by atoms with Crippen molar-refractivity contribution in [2.24, 2.45) is 47.0 Å². The third kappa shape index (κ3) is 26.9. The van der Waals surface area contributed by atoms with Crippen molar-refractivity contribution in [3.8, 4) is 67.5 Å². The zero-order valence-corrected chi connectivity index (χ0v) is 74.1. The van der Waals surface area contributed by atoms with E-state index >= 15 is 0 Å². The Kier molecular flexibility index (Phi) is 34.2. The van der Waals surface area contributed by atoms with E-state index < -0.39 is 108 Å². The zero-order chi connectivity index (χ0) is 90.6. The number of carbonyl (C=O) groups is 10. The predicted molar refractivity (Wildman–Crippen MR) is 487 cm³/mol. The van der Waals surface area contributed by atoms with Gasteiger partial charge in [-0.15, -0.1) is 0 Å². The lowest BCUT2D eigenvalue weighted by Crippen LogP contribution is -2.46. The number of likely N-dealkylation sites (N-methyl/N-ethyl adjacent to an activating group) is 2. The number of nitrogens with one attached hydrogen (secondary N) is 2. The lowest BCUT2D eigenvalue weighted by atomic mass is 9.87. The Morgan fingerprint density at radius 1 is 0.468 bits per heavy atom. The number of benzene rings is 8. The molecule has 11 atom stereocenters. The summed E-state index contributed by atoms with van der Waals surface area (Å²) in [6.07, 6.45) is 7.58. The highest BCUT2D eigenvalue weighted by Gasteiger charge is 2.39.